The van der Waals surface area contributed by atoms with Crippen molar-refractivity contribution in [3.8, 4) is 0 Å². The highest BCUT2D eigenvalue weighted by Crippen LogP contribution is 2.26. The second-order valence-corrected chi connectivity index (χ2v) is 3.19. The van der Waals surface area contributed by atoms with Crippen LogP contribution in [0, 0.1) is 5.21 Å². The van der Waals surface area contributed by atoms with E-state index in [4.69, 9.17) is 5.73 Å². The Labute approximate surface area is 71.6 Å². The Morgan fingerprint density at radius 1 is 1.83 bits per heavy atom. The molecule has 0 aromatic heterocycles. The number of nitrogens with two attached hydrogens (primary N) is 1. The van der Waals surface area contributed by atoms with Crippen molar-refractivity contribution in [1.29, 1.82) is 0 Å². The minimum Gasteiger partial charge on any atom is -0.623 e. The molecule has 0 spiro atoms. The SMILES string of the molecule is CCCC1(C(N)=O)CCC=[N+]1[O-]. The number of hydrogen-bond acceptors (Lipinski definition) is 2. The number of amides is 1. The average Bonchev–Trinajstić information content (AvgIpc) is 2.34. The van der Waals surface area contributed by atoms with E-state index in [1.165, 1.54) is 6.21 Å². The van der Waals surface area contributed by atoms with Crippen LogP contribution in [0.2, 0.25) is 0 Å². The molecular formula is C8H14N2O2. The summed E-state index contributed by atoms with van der Waals surface area (Å²) in [5.74, 6) is -0.492. The molecule has 1 rings (SSSR count). The zero-order chi connectivity index (χ0) is 9.19. The second kappa shape index (κ2) is 3.13. The Morgan fingerprint density at radius 3 is 2.83 bits per heavy atom. The minimum absolute atomic E-state index is 0.492. The number of carbonyl (C=O) groups excluding carboxylic acids is 1. The Kier molecular flexibility index (Phi) is 2.35. The van der Waals surface area contributed by atoms with E-state index >= 15 is 0 Å². The highest BCUT2D eigenvalue weighted by atomic mass is 16.5. The van der Waals surface area contributed by atoms with Gasteiger partial charge in [-0.3, -0.25) is 4.79 Å². The number of primary amides is 1. The van der Waals surface area contributed by atoms with Gasteiger partial charge in [-0.1, -0.05) is 6.92 Å². The van der Waals surface area contributed by atoms with Crippen LogP contribution >= 0.6 is 0 Å². The van der Waals surface area contributed by atoms with Crippen molar-refractivity contribution in [3.63, 3.8) is 0 Å². The smallest absolute Gasteiger partial charge is 0.290 e. The lowest BCUT2D eigenvalue weighted by Crippen LogP contribution is -2.48. The van der Waals surface area contributed by atoms with Gasteiger partial charge in [-0.15, -0.1) is 0 Å². The normalized spacial score (nSPS) is 28.6. The molecule has 4 nitrogen and oxygen atoms in total. The van der Waals surface area contributed by atoms with Crippen molar-refractivity contribution in [3.05, 3.63) is 5.21 Å². The van der Waals surface area contributed by atoms with Gasteiger partial charge in [0.25, 0.3) is 5.91 Å². The molecule has 2 N–H and O–H groups in total. The molecule has 1 aliphatic rings. The first-order chi connectivity index (χ1) is 5.63. The van der Waals surface area contributed by atoms with E-state index in [9.17, 15) is 10.0 Å². The number of carbonyl (C=O) groups is 1. The van der Waals surface area contributed by atoms with Gasteiger partial charge >= 0.3 is 0 Å². The zero-order valence-electron chi connectivity index (χ0n) is 7.25. The fourth-order valence-corrected chi connectivity index (χ4v) is 1.71. The summed E-state index contributed by atoms with van der Waals surface area (Å²) < 4.78 is 0.735. The maximum absolute atomic E-state index is 11.3. The molecular weight excluding hydrogens is 156 g/mol. The first kappa shape index (κ1) is 9.03. The lowest BCUT2D eigenvalue weighted by molar-refractivity contribution is -0.520. The number of rotatable bonds is 3. The van der Waals surface area contributed by atoms with Crippen molar-refractivity contribution < 1.29 is 9.53 Å². The van der Waals surface area contributed by atoms with E-state index in [1.54, 1.807) is 0 Å². The zero-order valence-corrected chi connectivity index (χ0v) is 7.25. The van der Waals surface area contributed by atoms with Gasteiger partial charge in [0, 0.05) is 19.3 Å². The fraction of sp³-hybridized carbons (Fsp3) is 0.750. The van der Waals surface area contributed by atoms with Gasteiger partial charge in [0.05, 0.1) is 0 Å². The van der Waals surface area contributed by atoms with Crippen molar-refractivity contribution in [2.24, 2.45) is 5.73 Å². The largest absolute Gasteiger partial charge is 0.623 e. The highest BCUT2D eigenvalue weighted by molar-refractivity contribution is 5.85. The molecule has 0 aromatic carbocycles. The lowest BCUT2D eigenvalue weighted by atomic mass is 9.91. The molecule has 0 saturated heterocycles. The third-order valence-corrected chi connectivity index (χ3v) is 2.40. The number of hydroxylamine groups is 1. The molecule has 4 heteroatoms. The van der Waals surface area contributed by atoms with Crippen molar-refractivity contribution >= 4 is 12.1 Å². The van der Waals surface area contributed by atoms with Crippen LogP contribution in [0.3, 0.4) is 0 Å². The summed E-state index contributed by atoms with van der Waals surface area (Å²) in [6.07, 6.45) is 4.09. The Bertz CT molecular complexity index is 225. The highest BCUT2D eigenvalue weighted by Gasteiger charge is 2.46. The van der Waals surface area contributed by atoms with Gasteiger partial charge in [0.15, 0.2) is 6.21 Å². The summed E-state index contributed by atoms with van der Waals surface area (Å²) >= 11 is 0. The van der Waals surface area contributed by atoms with Gasteiger partial charge in [-0.25, -0.2) is 4.74 Å². The van der Waals surface area contributed by atoms with E-state index in [0.717, 1.165) is 11.2 Å². The van der Waals surface area contributed by atoms with Crippen molar-refractivity contribution in [2.45, 2.75) is 38.1 Å². The molecule has 12 heavy (non-hydrogen) atoms. The summed E-state index contributed by atoms with van der Waals surface area (Å²) in [5.41, 5.74) is 4.27. The quantitative estimate of drug-likeness (QED) is 0.491. The van der Waals surface area contributed by atoms with Gasteiger partial charge in [-0.05, 0) is 6.42 Å². The molecule has 1 heterocycles. The van der Waals surface area contributed by atoms with Gasteiger partial charge in [0.1, 0.15) is 0 Å². The minimum atomic E-state index is -0.936. The summed E-state index contributed by atoms with van der Waals surface area (Å²) in [4.78, 5) is 11.1. The molecule has 0 bridgehead atoms. The van der Waals surface area contributed by atoms with E-state index in [-0.39, 0.29) is 0 Å². The van der Waals surface area contributed by atoms with Crippen LogP contribution < -0.4 is 5.73 Å². The topological polar surface area (TPSA) is 69.2 Å². The summed E-state index contributed by atoms with van der Waals surface area (Å²) in [5, 5.41) is 11.3. The lowest BCUT2D eigenvalue weighted by Gasteiger charge is -2.23. The average molecular weight is 170 g/mol. The van der Waals surface area contributed by atoms with E-state index < -0.39 is 11.4 Å². The third kappa shape index (κ3) is 1.17. The molecule has 0 saturated carbocycles. The standard InChI is InChI=1S/C8H14N2O2/c1-2-4-8(7(9)11)5-3-6-10(8)12/h6H,2-5H2,1H3,(H2,9,11). The second-order valence-electron chi connectivity index (χ2n) is 3.19. The number of nitrogens with zero attached hydrogens (tertiary/aromatic N) is 1. The third-order valence-electron chi connectivity index (χ3n) is 2.40. The summed E-state index contributed by atoms with van der Waals surface area (Å²) in [6, 6.07) is 0. The van der Waals surface area contributed by atoms with Crippen molar-refractivity contribution in [2.75, 3.05) is 0 Å². The maximum atomic E-state index is 11.3. The molecule has 68 valence electrons. The molecule has 0 aliphatic carbocycles. The van der Waals surface area contributed by atoms with Gasteiger partial charge in [-0.2, -0.15) is 0 Å². The van der Waals surface area contributed by atoms with Crippen LogP contribution in [-0.2, 0) is 4.79 Å². The molecule has 0 fully saturated rings. The molecule has 1 unspecified atom stereocenters. The van der Waals surface area contributed by atoms with Crippen LogP contribution in [0.5, 0.6) is 0 Å². The monoisotopic (exact) mass is 170 g/mol. The Balaban J connectivity index is 2.87. The van der Waals surface area contributed by atoms with Crippen LogP contribution in [0.15, 0.2) is 0 Å². The van der Waals surface area contributed by atoms with E-state index in [2.05, 4.69) is 0 Å². The van der Waals surface area contributed by atoms with Crippen LogP contribution in [-0.4, -0.2) is 22.4 Å². The predicted molar refractivity (Wildman–Crippen MR) is 45.8 cm³/mol. The summed E-state index contributed by atoms with van der Waals surface area (Å²) in [6.45, 7) is 1.94. The first-order valence-corrected chi connectivity index (χ1v) is 4.23. The Hall–Kier alpha value is -1.06. The first-order valence-electron chi connectivity index (χ1n) is 4.23. The Morgan fingerprint density at radius 2 is 2.50 bits per heavy atom. The fourth-order valence-electron chi connectivity index (χ4n) is 1.71. The van der Waals surface area contributed by atoms with Gasteiger partial charge < -0.3 is 10.9 Å². The van der Waals surface area contributed by atoms with E-state index in [0.29, 0.717) is 19.3 Å². The van der Waals surface area contributed by atoms with Crippen molar-refractivity contribution in [1.82, 2.24) is 0 Å². The molecule has 0 aromatic rings. The number of hydrogen-bond donors (Lipinski definition) is 1. The molecule has 1 atom stereocenters. The van der Waals surface area contributed by atoms with Crippen LogP contribution in [0.4, 0.5) is 0 Å². The predicted octanol–water partition coefficient (Wildman–Crippen LogP) is 0.386. The molecule has 0 radical (unpaired) electrons. The van der Waals surface area contributed by atoms with E-state index in [1.807, 2.05) is 6.92 Å². The van der Waals surface area contributed by atoms with Crippen LogP contribution in [0.1, 0.15) is 32.6 Å². The summed E-state index contributed by atoms with van der Waals surface area (Å²) in [7, 11) is 0. The van der Waals surface area contributed by atoms with Crippen LogP contribution in [0.25, 0.3) is 0 Å². The van der Waals surface area contributed by atoms with Gasteiger partial charge in [0.2, 0.25) is 5.54 Å². The molecule has 1 aliphatic heterocycles. The maximum Gasteiger partial charge on any atom is 0.290 e. The molecule has 1 amide bonds.